The smallest absolute Gasteiger partial charge is 0.307 e. The molecular weight excluding hydrogens is 273 g/mol. The van der Waals surface area contributed by atoms with Gasteiger partial charge in [-0.1, -0.05) is 0 Å². The molecule has 0 aliphatic carbocycles. The van der Waals surface area contributed by atoms with Gasteiger partial charge >= 0.3 is 5.97 Å². The van der Waals surface area contributed by atoms with Gasteiger partial charge in [-0.15, -0.1) is 0 Å². The first kappa shape index (κ1) is 14.0. The normalized spacial score (nSPS) is 19.4. The molecular formula is C15H18FN3O2. The third-order valence-electron chi connectivity index (χ3n) is 4.09. The molecule has 1 saturated heterocycles. The van der Waals surface area contributed by atoms with Crippen molar-refractivity contribution in [2.75, 3.05) is 13.1 Å². The SMILES string of the molecule is CCn1c(CN2CCC(C(=O)O)C2)nc2cc(F)ccc21. The van der Waals surface area contributed by atoms with Crippen molar-refractivity contribution >= 4 is 17.0 Å². The van der Waals surface area contributed by atoms with E-state index in [2.05, 4.69) is 14.5 Å². The number of likely N-dealkylation sites (tertiary alicyclic amines) is 1. The summed E-state index contributed by atoms with van der Waals surface area (Å²) in [5.74, 6) is -0.448. The number of benzene rings is 1. The molecule has 0 bridgehead atoms. The number of fused-ring (bicyclic) bond motifs is 1. The molecule has 0 saturated carbocycles. The minimum absolute atomic E-state index is 0.290. The predicted molar refractivity (Wildman–Crippen MR) is 76.4 cm³/mol. The number of carboxylic acid groups (broad SMARTS) is 1. The molecule has 112 valence electrons. The van der Waals surface area contributed by atoms with E-state index in [1.54, 1.807) is 6.07 Å². The largest absolute Gasteiger partial charge is 0.481 e. The third kappa shape index (κ3) is 2.63. The van der Waals surface area contributed by atoms with Gasteiger partial charge in [-0.3, -0.25) is 9.69 Å². The molecule has 1 aromatic carbocycles. The Morgan fingerprint density at radius 3 is 3.00 bits per heavy atom. The number of carboxylic acids is 1. The van der Waals surface area contributed by atoms with Crippen molar-refractivity contribution in [3.8, 4) is 0 Å². The van der Waals surface area contributed by atoms with Crippen LogP contribution >= 0.6 is 0 Å². The van der Waals surface area contributed by atoms with Crippen molar-refractivity contribution in [3.63, 3.8) is 0 Å². The highest BCUT2D eigenvalue weighted by atomic mass is 19.1. The molecule has 1 unspecified atom stereocenters. The zero-order valence-electron chi connectivity index (χ0n) is 11.9. The van der Waals surface area contributed by atoms with Gasteiger partial charge in [-0.05, 0) is 32.0 Å². The molecule has 1 N–H and O–H groups in total. The maximum atomic E-state index is 13.3. The first-order valence-electron chi connectivity index (χ1n) is 7.18. The zero-order valence-corrected chi connectivity index (χ0v) is 11.9. The highest BCUT2D eigenvalue weighted by Crippen LogP contribution is 2.22. The van der Waals surface area contributed by atoms with Crippen molar-refractivity contribution in [3.05, 3.63) is 29.8 Å². The van der Waals surface area contributed by atoms with E-state index in [0.717, 1.165) is 24.4 Å². The molecule has 21 heavy (non-hydrogen) atoms. The fourth-order valence-corrected chi connectivity index (χ4v) is 3.00. The topological polar surface area (TPSA) is 58.4 Å². The molecule has 0 spiro atoms. The minimum Gasteiger partial charge on any atom is -0.481 e. The van der Waals surface area contributed by atoms with Crippen LogP contribution in [0.4, 0.5) is 4.39 Å². The van der Waals surface area contributed by atoms with Crippen LogP contribution in [-0.4, -0.2) is 38.6 Å². The molecule has 6 heteroatoms. The van der Waals surface area contributed by atoms with Gasteiger partial charge in [-0.25, -0.2) is 9.37 Å². The van der Waals surface area contributed by atoms with Crippen LogP contribution in [-0.2, 0) is 17.9 Å². The summed E-state index contributed by atoms with van der Waals surface area (Å²) in [4.78, 5) is 17.6. The summed E-state index contributed by atoms with van der Waals surface area (Å²) in [5, 5.41) is 9.05. The van der Waals surface area contributed by atoms with Crippen LogP contribution in [0, 0.1) is 11.7 Å². The fourth-order valence-electron chi connectivity index (χ4n) is 3.00. The molecule has 2 heterocycles. The maximum absolute atomic E-state index is 13.3. The quantitative estimate of drug-likeness (QED) is 0.937. The van der Waals surface area contributed by atoms with Crippen LogP contribution in [0.15, 0.2) is 18.2 Å². The monoisotopic (exact) mass is 291 g/mol. The van der Waals surface area contributed by atoms with Gasteiger partial charge < -0.3 is 9.67 Å². The summed E-state index contributed by atoms with van der Waals surface area (Å²) in [5.41, 5.74) is 1.57. The fraction of sp³-hybridized carbons (Fsp3) is 0.467. The molecule has 1 fully saturated rings. The van der Waals surface area contributed by atoms with Crippen molar-refractivity contribution in [1.29, 1.82) is 0 Å². The standard InChI is InChI=1S/C15H18FN3O2/c1-2-19-13-4-3-11(16)7-12(13)17-14(19)9-18-6-5-10(8-18)15(20)21/h3-4,7,10H,2,5-6,8-9H2,1H3,(H,20,21). The number of carbonyl (C=O) groups is 1. The van der Waals surface area contributed by atoms with E-state index in [9.17, 15) is 9.18 Å². The lowest BCUT2D eigenvalue weighted by molar-refractivity contribution is -0.141. The number of imidazole rings is 1. The van der Waals surface area contributed by atoms with Crippen molar-refractivity contribution in [2.24, 2.45) is 5.92 Å². The second-order valence-corrected chi connectivity index (χ2v) is 5.46. The third-order valence-corrected chi connectivity index (χ3v) is 4.09. The molecule has 0 amide bonds. The molecule has 1 atom stereocenters. The van der Waals surface area contributed by atoms with Gasteiger partial charge in [0.25, 0.3) is 0 Å². The summed E-state index contributed by atoms with van der Waals surface area (Å²) in [6.07, 6.45) is 0.677. The van der Waals surface area contributed by atoms with E-state index in [-0.39, 0.29) is 11.7 Å². The van der Waals surface area contributed by atoms with Crippen molar-refractivity contribution in [1.82, 2.24) is 14.5 Å². The van der Waals surface area contributed by atoms with E-state index in [1.807, 2.05) is 6.92 Å². The van der Waals surface area contributed by atoms with E-state index >= 15 is 0 Å². The lowest BCUT2D eigenvalue weighted by atomic mass is 10.1. The number of aromatic nitrogens is 2. The molecule has 1 aliphatic heterocycles. The Kier molecular flexibility index (Phi) is 3.63. The van der Waals surface area contributed by atoms with Gasteiger partial charge in [0.1, 0.15) is 11.6 Å². The number of aliphatic carboxylic acids is 1. The van der Waals surface area contributed by atoms with Crippen molar-refractivity contribution in [2.45, 2.75) is 26.4 Å². The number of halogens is 1. The molecule has 2 aromatic rings. The van der Waals surface area contributed by atoms with Crippen LogP contribution < -0.4 is 0 Å². The molecule has 0 radical (unpaired) electrons. The van der Waals surface area contributed by atoms with Gasteiger partial charge in [0.05, 0.1) is 23.5 Å². The van der Waals surface area contributed by atoms with E-state index in [0.29, 0.717) is 25.0 Å². The van der Waals surface area contributed by atoms with E-state index in [1.165, 1.54) is 12.1 Å². The van der Waals surface area contributed by atoms with Crippen LogP contribution in [0.2, 0.25) is 0 Å². The number of rotatable bonds is 4. The Labute approximate surface area is 122 Å². The first-order valence-corrected chi connectivity index (χ1v) is 7.18. The van der Waals surface area contributed by atoms with Crippen LogP contribution in [0.25, 0.3) is 11.0 Å². The summed E-state index contributed by atoms with van der Waals surface area (Å²) >= 11 is 0. The average molecular weight is 291 g/mol. The molecule has 5 nitrogen and oxygen atoms in total. The Morgan fingerprint density at radius 2 is 2.33 bits per heavy atom. The second-order valence-electron chi connectivity index (χ2n) is 5.46. The molecule has 1 aromatic heterocycles. The van der Waals surface area contributed by atoms with E-state index < -0.39 is 5.97 Å². The Balaban J connectivity index is 1.85. The van der Waals surface area contributed by atoms with E-state index in [4.69, 9.17) is 5.11 Å². The molecule has 3 rings (SSSR count). The lowest BCUT2D eigenvalue weighted by Crippen LogP contribution is -2.24. The Morgan fingerprint density at radius 1 is 1.52 bits per heavy atom. The highest BCUT2D eigenvalue weighted by Gasteiger charge is 2.28. The first-order chi connectivity index (χ1) is 10.1. The summed E-state index contributed by atoms with van der Waals surface area (Å²) < 4.78 is 15.4. The maximum Gasteiger partial charge on any atom is 0.307 e. The minimum atomic E-state index is -0.733. The number of aryl methyl sites for hydroxylation is 1. The summed E-state index contributed by atoms with van der Waals surface area (Å²) in [6, 6.07) is 4.62. The average Bonchev–Trinajstić information content (AvgIpc) is 3.02. The van der Waals surface area contributed by atoms with Gasteiger partial charge in [0, 0.05) is 19.2 Å². The summed E-state index contributed by atoms with van der Waals surface area (Å²) in [6.45, 7) is 4.70. The Bertz CT molecular complexity index is 683. The number of hydrogen-bond donors (Lipinski definition) is 1. The predicted octanol–water partition coefficient (Wildman–Crippen LogP) is 2.10. The summed E-state index contributed by atoms with van der Waals surface area (Å²) in [7, 11) is 0. The highest BCUT2D eigenvalue weighted by molar-refractivity contribution is 5.76. The van der Waals surface area contributed by atoms with Crippen LogP contribution in [0.5, 0.6) is 0 Å². The number of nitrogens with zero attached hydrogens (tertiary/aromatic N) is 3. The lowest BCUT2D eigenvalue weighted by Gasteiger charge is -2.15. The van der Waals surface area contributed by atoms with Crippen LogP contribution in [0.1, 0.15) is 19.2 Å². The second kappa shape index (κ2) is 5.44. The number of hydrogen-bond acceptors (Lipinski definition) is 3. The van der Waals surface area contributed by atoms with Gasteiger partial charge in [0.2, 0.25) is 0 Å². The Hall–Kier alpha value is -1.95. The van der Waals surface area contributed by atoms with Gasteiger partial charge in [-0.2, -0.15) is 0 Å². The zero-order chi connectivity index (χ0) is 15.0. The molecule has 1 aliphatic rings. The van der Waals surface area contributed by atoms with Gasteiger partial charge in [0.15, 0.2) is 0 Å². The van der Waals surface area contributed by atoms with Crippen molar-refractivity contribution < 1.29 is 14.3 Å². The van der Waals surface area contributed by atoms with Crippen LogP contribution in [0.3, 0.4) is 0 Å².